The van der Waals surface area contributed by atoms with E-state index in [1.54, 1.807) is 7.11 Å². The lowest BCUT2D eigenvalue weighted by molar-refractivity contribution is -0.132. The number of benzene rings is 2. The van der Waals surface area contributed by atoms with Gasteiger partial charge in [0.25, 0.3) is 0 Å². The Balaban J connectivity index is 1.45. The molecule has 1 fully saturated rings. The van der Waals surface area contributed by atoms with Crippen LogP contribution in [0.1, 0.15) is 37.8 Å². The van der Waals surface area contributed by atoms with Gasteiger partial charge in [-0.2, -0.15) is 5.10 Å². The van der Waals surface area contributed by atoms with Gasteiger partial charge in [-0.3, -0.25) is 14.5 Å². The Bertz CT molecular complexity index is 1110. The van der Waals surface area contributed by atoms with Crippen LogP contribution < -0.4 is 9.47 Å². The summed E-state index contributed by atoms with van der Waals surface area (Å²) in [5.74, 6) is 2.48. The Labute approximate surface area is 193 Å². The Morgan fingerprint density at radius 1 is 1.16 bits per heavy atom. The number of aromatic amines is 1. The van der Waals surface area contributed by atoms with Crippen LogP contribution in [-0.4, -0.2) is 45.8 Å². The van der Waals surface area contributed by atoms with Gasteiger partial charge in [0.2, 0.25) is 5.91 Å². The van der Waals surface area contributed by atoms with E-state index in [4.69, 9.17) is 21.7 Å². The van der Waals surface area contributed by atoms with Crippen LogP contribution in [-0.2, 0) is 11.3 Å². The predicted molar refractivity (Wildman–Crippen MR) is 125 cm³/mol. The summed E-state index contributed by atoms with van der Waals surface area (Å²) in [6.07, 6.45) is 2.35. The summed E-state index contributed by atoms with van der Waals surface area (Å²) >= 11 is 5.43. The third-order valence-electron chi connectivity index (χ3n) is 5.80. The molecule has 1 aliphatic rings. The molecule has 168 valence electrons. The monoisotopic (exact) mass is 452 g/mol. The maximum atomic E-state index is 13.1. The summed E-state index contributed by atoms with van der Waals surface area (Å²) in [4.78, 5) is 15.1. The van der Waals surface area contributed by atoms with E-state index in [0.29, 0.717) is 24.3 Å². The van der Waals surface area contributed by atoms with Crippen molar-refractivity contribution in [2.45, 2.75) is 38.8 Å². The van der Waals surface area contributed by atoms with Gasteiger partial charge < -0.3 is 14.4 Å². The van der Waals surface area contributed by atoms with E-state index in [1.807, 2.05) is 52.8 Å². The van der Waals surface area contributed by atoms with Crippen LogP contribution in [0.25, 0.3) is 11.4 Å². The number of carbonyl (C=O) groups is 1. The van der Waals surface area contributed by atoms with Gasteiger partial charge in [0.15, 0.2) is 10.6 Å². The molecule has 7 nitrogen and oxygen atoms in total. The van der Waals surface area contributed by atoms with Gasteiger partial charge in [-0.1, -0.05) is 12.1 Å². The van der Waals surface area contributed by atoms with Crippen molar-refractivity contribution in [2.24, 2.45) is 0 Å². The van der Waals surface area contributed by atoms with E-state index >= 15 is 0 Å². The maximum absolute atomic E-state index is 13.1. The molecular formula is C24H28N4O3S. The van der Waals surface area contributed by atoms with Crippen molar-refractivity contribution in [3.63, 3.8) is 0 Å². The minimum atomic E-state index is 0.108. The molecule has 2 heterocycles. The van der Waals surface area contributed by atoms with Gasteiger partial charge in [-0.25, -0.2) is 0 Å². The number of ether oxygens (including phenoxy) is 2. The van der Waals surface area contributed by atoms with E-state index in [-0.39, 0.29) is 11.9 Å². The highest BCUT2D eigenvalue weighted by Crippen LogP contribution is 2.33. The molecule has 32 heavy (non-hydrogen) atoms. The van der Waals surface area contributed by atoms with Gasteiger partial charge in [0.1, 0.15) is 11.5 Å². The highest BCUT2D eigenvalue weighted by molar-refractivity contribution is 7.71. The molecule has 4 rings (SSSR count). The summed E-state index contributed by atoms with van der Waals surface area (Å²) in [5.41, 5.74) is 2.07. The minimum absolute atomic E-state index is 0.108. The minimum Gasteiger partial charge on any atom is -0.497 e. The van der Waals surface area contributed by atoms with E-state index in [0.717, 1.165) is 47.8 Å². The largest absolute Gasteiger partial charge is 0.497 e. The Hall–Kier alpha value is -3.13. The molecule has 1 saturated heterocycles. The first kappa shape index (κ1) is 22.1. The Kier molecular flexibility index (Phi) is 6.90. The number of amides is 1. The van der Waals surface area contributed by atoms with Crippen molar-refractivity contribution >= 4 is 18.1 Å². The predicted octanol–water partition coefficient (Wildman–Crippen LogP) is 4.77. The molecule has 0 bridgehead atoms. The summed E-state index contributed by atoms with van der Waals surface area (Å²) in [7, 11) is 1.63. The number of H-pyrrole nitrogens is 1. The van der Waals surface area contributed by atoms with Crippen LogP contribution in [0.15, 0.2) is 48.5 Å². The summed E-state index contributed by atoms with van der Waals surface area (Å²) in [6, 6.07) is 15.8. The van der Waals surface area contributed by atoms with E-state index in [9.17, 15) is 4.79 Å². The molecule has 0 spiro atoms. The molecule has 0 aliphatic carbocycles. The molecule has 8 heteroatoms. The van der Waals surface area contributed by atoms with E-state index in [1.165, 1.54) is 0 Å². The third kappa shape index (κ3) is 4.70. The van der Waals surface area contributed by atoms with E-state index in [2.05, 4.69) is 22.3 Å². The molecule has 1 aromatic heterocycles. The fourth-order valence-corrected chi connectivity index (χ4v) is 4.42. The highest BCUT2D eigenvalue weighted by Gasteiger charge is 2.29. The van der Waals surface area contributed by atoms with Crippen molar-refractivity contribution in [1.29, 1.82) is 0 Å². The molecule has 1 unspecified atom stereocenters. The average molecular weight is 453 g/mol. The van der Waals surface area contributed by atoms with Gasteiger partial charge in [-0.05, 0) is 73.9 Å². The summed E-state index contributed by atoms with van der Waals surface area (Å²) in [5, 5.41) is 7.23. The Morgan fingerprint density at radius 2 is 1.88 bits per heavy atom. The van der Waals surface area contributed by atoms with Crippen molar-refractivity contribution in [3.05, 3.63) is 58.9 Å². The lowest BCUT2D eigenvalue weighted by Gasteiger charge is -2.25. The van der Waals surface area contributed by atoms with Gasteiger partial charge in [0, 0.05) is 25.1 Å². The average Bonchev–Trinajstić information content (AvgIpc) is 3.45. The number of carbonyl (C=O) groups excluding carboxylic acids is 1. The third-order valence-corrected chi connectivity index (χ3v) is 6.12. The molecule has 1 amide bonds. The van der Waals surface area contributed by atoms with Crippen LogP contribution in [0.2, 0.25) is 0 Å². The number of nitrogens with one attached hydrogen (secondary N) is 1. The number of hydrogen-bond donors (Lipinski definition) is 1. The first-order chi connectivity index (χ1) is 15.6. The number of rotatable bonds is 8. The zero-order valence-electron chi connectivity index (χ0n) is 18.4. The number of methoxy groups -OCH3 is 1. The number of nitrogens with zero attached hydrogens (tertiary/aromatic N) is 3. The van der Waals surface area contributed by atoms with Gasteiger partial charge in [0.05, 0.1) is 19.8 Å². The quantitative estimate of drug-likeness (QED) is 0.499. The SMILES string of the molecule is CCOc1ccc(C2CCCN2C(=O)CCn2c(-c3ccc(OC)cc3)n[nH]c2=S)cc1. The molecular weight excluding hydrogens is 424 g/mol. The maximum Gasteiger partial charge on any atom is 0.224 e. The fourth-order valence-electron chi connectivity index (χ4n) is 4.20. The second-order valence-corrected chi connectivity index (χ2v) is 8.12. The number of aromatic nitrogens is 3. The molecule has 2 aromatic carbocycles. The molecule has 1 atom stereocenters. The lowest BCUT2D eigenvalue weighted by atomic mass is 10.0. The zero-order valence-corrected chi connectivity index (χ0v) is 19.2. The summed E-state index contributed by atoms with van der Waals surface area (Å²) < 4.78 is 13.2. The van der Waals surface area contributed by atoms with Crippen LogP contribution in [0.3, 0.4) is 0 Å². The highest BCUT2D eigenvalue weighted by atomic mass is 32.1. The standard InChI is InChI=1S/C24H28N4O3S/c1-3-31-20-12-6-17(7-13-20)21-5-4-15-27(21)22(29)14-16-28-23(25-26-24(28)32)18-8-10-19(30-2)11-9-18/h6-13,21H,3-5,14-16H2,1-2H3,(H,26,32). The number of likely N-dealkylation sites (tertiary alicyclic amines) is 1. The van der Waals surface area contributed by atoms with Crippen LogP contribution in [0.5, 0.6) is 11.5 Å². The Morgan fingerprint density at radius 3 is 2.56 bits per heavy atom. The van der Waals surface area contributed by atoms with Crippen LogP contribution in [0, 0.1) is 4.77 Å². The van der Waals surface area contributed by atoms with Crippen LogP contribution >= 0.6 is 12.2 Å². The van der Waals surface area contributed by atoms with Gasteiger partial charge >= 0.3 is 0 Å². The van der Waals surface area contributed by atoms with Crippen molar-refractivity contribution in [3.8, 4) is 22.9 Å². The molecule has 0 saturated carbocycles. The van der Waals surface area contributed by atoms with Crippen molar-refractivity contribution < 1.29 is 14.3 Å². The second-order valence-electron chi connectivity index (χ2n) is 7.73. The van der Waals surface area contributed by atoms with Crippen molar-refractivity contribution in [2.75, 3.05) is 20.3 Å². The lowest BCUT2D eigenvalue weighted by Crippen LogP contribution is -2.31. The first-order valence-electron chi connectivity index (χ1n) is 10.9. The molecule has 0 radical (unpaired) electrons. The second kappa shape index (κ2) is 9.99. The topological polar surface area (TPSA) is 72.4 Å². The summed E-state index contributed by atoms with van der Waals surface area (Å²) in [6.45, 7) is 3.86. The van der Waals surface area contributed by atoms with Crippen molar-refractivity contribution in [1.82, 2.24) is 19.7 Å². The van der Waals surface area contributed by atoms with E-state index < -0.39 is 0 Å². The smallest absolute Gasteiger partial charge is 0.224 e. The van der Waals surface area contributed by atoms with Crippen LogP contribution in [0.4, 0.5) is 0 Å². The van der Waals surface area contributed by atoms with Gasteiger partial charge in [-0.15, -0.1) is 0 Å². The number of hydrogen-bond acceptors (Lipinski definition) is 5. The fraction of sp³-hybridized carbons (Fsp3) is 0.375. The first-order valence-corrected chi connectivity index (χ1v) is 11.3. The molecule has 3 aromatic rings. The molecule has 1 N–H and O–H groups in total. The zero-order chi connectivity index (χ0) is 22.5. The molecule has 1 aliphatic heterocycles. The normalized spacial score (nSPS) is 15.7.